The van der Waals surface area contributed by atoms with Crippen LogP contribution >= 0.6 is 0 Å². The van der Waals surface area contributed by atoms with Crippen LogP contribution in [-0.2, 0) is 20.0 Å². The van der Waals surface area contributed by atoms with Crippen LogP contribution in [-0.4, -0.2) is 15.8 Å². The first-order chi connectivity index (χ1) is 9.61. The van der Waals surface area contributed by atoms with E-state index in [4.69, 9.17) is 0 Å². The molecule has 0 aliphatic heterocycles. The predicted octanol–water partition coefficient (Wildman–Crippen LogP) is 3.15. The number of aromatic nitrogens is 2. The zero-order valence-corrected chi connectivity index (χ0v) is 13.0. The maximum Gasteiger partial charge on any atom is 0.0641 e. The van der Waals surface area contributed by atoms with Gasteiger partial charge in [0.05, 0.1) is 5.69 Å². The van der Waals surface area contributed by atoms with E-state index in [1.807, 2.05) is 11.7 Å². The van der Waals surface area contributed by atoms with Gasteiger partial charge in [-0.3, -0.25) is 4.68 Å². The van der Waals surface area contributed by atoms with Crippen LogP contribution in [0.25, 0.3) is 0 Å². The second-order valence-electron chi connectivity index (χ2n) is 5.45. The van der Waals surface area contributed by atoms with E-state index in [2.05, 4.69) is 61.5 Å². The Morgan fingerprint density at radius 3 is 2.45 bits per heavy atom. The molecule has 0 aliphatic carbocycles. The molecule has 1 heterocycles. The van der Waals surface area contributed by atoms with Crippen molar-refractivity contribution in [3.63, 3.8) is 0 Å². The Morgan fingerprint density at radius 2 is 1.90 bits per heavy atom. The minimum atomic E-state index is 0.511. The highest BCUT2D eigenvalue weighted by molar-refractivity contribution is 5.24. The van der Waals surface area contributed by atoms with E-state index in [1.165, 1.54) is 16.8 Å². The molecule has 2 rings (SSSR count). The molecule has 0 fully saturated rings. The topological polar surface area (TPSA) is 29.9 Å². The maximum absolute atomic E-state index is 4.48. The largest absolute Gasteiger partial charge is 0.309 e. The molecule has 1 unspecified atom stereocenters. The molecule has 0 saturated carbocycles. The Labute approximate surface area is 122 Å². The van der Waals surface area contributed by atoms with Crippen molar-refractivity contribution in [2.24, 2.45) is 7.05 Å². The number of hydrogen-bond donors (Lipinski definition) is 1. The SMILES string of the molecule is CCC(Cc1ccccc1)NCc1c(C)nn(C)c1C. The number of aryl methyl sites for hydroxylation is 2. The van der Waals surface area contributed by atoms with Crippen LogP contribution in [0.15, 0.2) is 30.3 Å². The number of nitrogens with zero attached hydrogens (tertiary/aromatic N) is 2. The fraction of sp³-hybridized carbons (Fsp3) is 0.471. The quantitative estimate of drug-likeness (QED) is 0.874. The van der Waals surface area contributed by atoms with Crippen molar-refractivity contribution in [1.29, 1.82) is 0 Å². The summed E-state index contributed by atoms with van der Waals surface area (Å²) in [5.74, 6) is 0. The number of benzene rings is 1. The highest BCUT2D eigenvalue weighted by Crippen LogP contribution is 2.13. The molecular formula is C17H25N3. The van der Waals surface area contributed by atoms with E-state index in [0.717, 1.165) is 25.1 Å². The Morgan fingerprint density at radius 1 is 1.20 bits per heavy atom. The van der Waals surface area contributed by atoms with E-state index in [1.54, 1.807) is 0 Å². The Kier molecular flexibility index (Phi) is 4.96. The van der Waals surface area contributed by atoms with Crippen LogP contribution in [0.5, 0.6) is 0 Å². The summed E-state index contributed by atoms with van der Waals surface area (Å²) in [5.41, 5.74) is 5.11. The van der Waals surface area contributed by atoms with Gasteiger partial charge in [-0.2, -0.15) is 5.10 Å². The first kappa shape index (κ1) is 14.8. The maximum atomic E-state index is 4.48. The highest BCUT2D eigenvalue weighted by atomic mass is 15.3. The molecular weight excluding hydrogens is 246 g/mol. The molecule has 2 aromatic rings. The van der Waals surface area contributed by atoms with Crippen LogP contribution < -0.4 is 5.32 Å². The molecule has 0 bridgehead atoms. The highest BCUT2D eigenvalue weighted by Gasteiger charge is 2.12. The third kappa shape index (κ3) is 3.48. The normalized spacial score (nSPS) is 12.6. The molecule has 0 aliphatic rings. The summed E-state index contributed by atoms with van der Waals surface area (Å²) >= 11 is 0. The first-order valence-corrected chi connectivity index (χ1v) is 7.38. The summed E-state index contributed by atoms with van der Waals surface area (Å²) in [4.78, 5) is 0. The van der Waals surface area contributed by atoms with Gasteiger partial charge in [0, 0.05) is 30.9 Å². The first-order valence-electron chi connectivity index (χ1n) is 7.38. The van der Waals surface area contributed by atoms with Gasteiger partial charge in [-0.25, -0.2) is 0 Å². The fourth-order valence-electron chi connectivity index (χ4n) is 2.58. The summed E-state index contributed by atoms with van der Waals surface area (Å²) in [5, 5.41) is 8.15. The lowest BCUT2D eigenvalue weighted by Crippen LogP contribution is -2.30. The molecule has 0 radical (unpaired) electrons. The Bertz CT molecular complexity index is 543. The monoisotopic (exact) mass is 271 g/mol. The minimum absolute atomic E-state index is 0.511. The molecule has 1 aromatic carbocycles. The van der Waals surface area contributed by atoms with E-state index in [-0.39, 0.29) is 0 Å². The standard InChI is InChI=1S/C17H25N3/c1-5-16(11-15-9-7-6-8-10-15)18-12-17-13(2)19-20(4)14(17)3/h6-10,16,18H,5,11-12H2,1-4H3. The van der Waals surface area contributed by atoms with E-state index < -0.39 is 0 Å². The van der Waals surface area contributed by atoms with E-state index >= 15 is 0 Å². The van der Waals surface area contributed by atoms with E-state index in [0.29, 0.717) is 6.04 Å². The molecule has 108 valence electrons. The van der Waals surface area contributed by atoms with Gasteiger partial charge < -0.3 is 5.32 Å². The average Bonchev–Trinajstić information content (AvgIpc) is 2.70. The van der Waals surface area contributed by atoms with Crippen molar-refractivity contribution in [3.8, 4) is 0 Å². The van der Waals surface area contributed by atoms with Gasteiger partial charge in [0.25, 0.3) is 0 Å². The minimum Gasteiger partial charge on any atom is -0.309 e. The molecule has 1 aromatic heterocycles. The van der Waals surface area contributed by atoms with Crippen molar-refractivity contribution < 1.29 is 0 Å². The summed E-state index contributed by atoms with van der Waals surface area (Å²) in [6.07, 6.45) is 2.21. The predicted molar refractivity (Wildman–Crippen MR) is 83.7 cm³/mol. The summed E-state index contributed by atoms with van der Waals surface area (Å²) < 4.78 is 1.96. The summed E-state index contributed by atoms with van der Waals surface area (Å²) in [6.45, 7) is 7.36. The zero-order valence-electron chi connectivity index (χ0n) is 13.0. The van der Waals surface area contributed by atoms with Gasteiger partial charge in [0.2, 0.25) is 0 Å². The summed E-state index contributed by atoms with van der Waals surface area (Å²) in [7, 11) is 2.01. The lowest BCUT2D eigenvalue weighted by atomic mass is 10.0. The Hall–Kier alpha value is -1.61. The van der Waals surface area contributed by atoms with Gasteiger partial charge in [0.15, 0.2) is 0 Å². The van der Waals surface area contributed by atoms with Gasteiger partial charge in [-0.05, 0) is 32.3 Å². The Balaban J connectivity index is 1.97. The van der Waals surface area contributed by atoms with Crippen LogP contribution in [0.2, 0.25) is 0 Å². The lowest BCUT2D eigenvalue weighted by Gasteiger charge is -2.17. The van der Waals surface area contributed by atoms with Crippen molar-refractivity contribution >= 4 is 0 Å². The van der Waals surface area contributed by atoms with Gasteiger partial charge >= 0.3 is 0 Å². The van der Waals surface area contributed by atoms with Crippen LogP contribution in [0, 0.1) is 13.8 Å². The van der Waals surface area contributed by atoms with Crippen molar-refractivity contribution in [2.45, 2.75) is 46.2 Å². The van der Waals surface area contributed by atoms with Gasteiger partial charge in [0.1, 0.15) is 0 Å². The second-order valence-corrected chi connectivity index (χ2v) is 5.45. The molecule has 1 atom stereocenters. The van der Waals surface area contributed by atoms with E-state index in [9.17, 15) is 0 Å². The lowest BCUT2D eigenvalue weighted by molar-refractivity contribution is 0.492. The third-order valence-corrected chi connectivity index (χ3v) is 4.04. The van der Waals surface area contributed by atoms with Gasteiger partial charge in [-0.1, -0.05) is 37.3 Å². The number of hydrogen-bond acceptors (Lipinski definition) is 2. The van der Waals surface area contributed by atoms with Crippen molar-refractivity contribution in [3.05, 3.63) is 52.8 Å². The van der Waals surface area contributed by atoms with Gasteiger partial charge in [-0.15, -0.1) is 0 Å². The number of rotatable bonds is 6. The molecule has 20 heavy (non-hydrogen) atoms. The van der Waals surface area contributed by atoms with Crippen LogP contribution in [0.3, 0.4) is 0 Å². The zero-order chi connectivity index (χ0) is 14.5. The smallest absolute Gasteiger partial charge is 0.0641 e. The second kappa shape index (κ2) is 6.71. The molecule has 0 saturated heterocycles. The molecule has 3 heteroatoms. The third-order valence-electron chi connectivity index (χ3n) is 4.04. The molecule has 0 spiro atoms. The van der Waals surface area contributed by atoms with Crippen molar-refractivity contribution in [1.82, 2.24) is 15.1 Å². The molecule has 1 N–H and O–H groups in total. The fourth-order valence-corrected chi connectivity index (χ4v) is 2.58. The summed E-state index contributed by atoms with van der Waals surface area (Å²) in [6, 6.07) is 11.2. The molecule has 0 amide bonds. The van der Waals surface area contributed by atoms with Crippen LogP contribution in [0.1, 0.15) is 35.9 Å². The van der Waals surface area contributed by atoms with Crippen LogP contribution in [0.4, 0.5) is 0 Å². The van der Waals surface area contributed by atoms with Crippen molar-refractivity contribution in [2.75, 3.05) is 0 Å². The number of nitrogens with one attached hydrogen (secondary N) is 1. The average molecular weight is 271 g/mol. The molecule has 3 nitrogen and oxygen atoms in total.